The van der Waals surface area contributed by atoms with Crippen molar-refractivity contribution in [1.82, 2.24) is 34.0 Å². The number of hydrogen-bond donors (Lipinski definition) is 1. The van der Waals surface area contributed by atoms with E-state index in [0.29, 0.717) is 28.6 Å². The lowest BCUT2D eigenvalue weighted by molar-refractivity contribution is -0.124. The minimum atomic E-state index is -4.35. The van der Waals surface area contributed by atoms with Gasteiger partial charge in [-0.05, 0) is 49.1 Å². The fraction of sp³-hybridized carbons (Fsp3) is 0.233. The highest BCUT2D eigenvalue weighted by Crippen LogP contribution is 2.45. The van der Waals surface area contributed by atoms with E-state index in [4.69, 9.17) is 23.2 Å². The molecule has 0 unspecified atom stereocenters. The number of anilines is 3. The number of carbonyl (C=O) groups excluding carboxylic acids is 2. The van der Waals surface area contributed by atoms with Crippen molar-refractivity contribution in [3.63, 3.8) is 0 Å². The molecule has 2 atom stereocenters. The molecular weight excluding hydrogens is 685 g/mol. The number of amides is 2. The van der Waals surface area contributed by atoms with Crippen molar-refractivity contribution in [3.8, 4) is 11.1 Å². The predicted molar refractivity (Wildman–Crippen MR) is 176 cm³/mol. The third kappa shape index (κ3) is 5.57. The standard InChI is InChI=1S/C30H25Cl2N9O4S2/c1-30(12-18-4-6-19(7-5-18)20-13-33-16-34-14-20)27(43)40(23-10-21(31)9-22(32)11-23)29-35-15-25(41(29)30)47(44,45)39-8-2-3-24(39)26(42)37-28-38-36-17-46-28/h4-7,9-11,13-17,24H,2-3,8,12H2,1H3,(H,37,38,42)/t24-,30+/m0/s1. The normalized spacial score (nSPS) is 19.7. The van der Waals surface area contributed by atoms with Crippen molar-refractivity contribution in [3.05, 3.63) is 88.5 Å². The molecule has 0 radical (unpaired) electrons. The molecule has 2 aliphatic rings. The second kappa shape index (κ2) is 12.1. The number of carbonyl (C=O) groups is 2. The number of sulfonamides is 1. The van der Waals surface area contributed by atoms with Crippen molar-refractivity contribution >= 4 is 73.1 Å². The molecule has 7 rings (SSSR count). The molecule has 2 amide bonds. The third-order valence-electron chi connectivity index (χ3n) is 8.24. The van der Waals surface area contributed by atoms with Gasteiger partial charge in [0.2, 0.25) is 17.0 Å². The molecule has 0 aliphatic carbocycles. The number of halogens is 2. The van der Waals surface area contributed by atoms with E-state index in [0.717, 1.165) is 32.3 Å². The number of hydrogen-bond acceptors (Lipinski definition) is 10. The van der Waals surface area contributed by atoms with Gasteiger partial charge in [-0.2, -0.15) is 4.31 Å². The molecule has 1 N–H and O–H groups in total. The predicted octanol–water partition coefficient (Wildman–Crippen LogP) is 4.93. The van der Waals surface area contributed by atoms with Crippen LogP contribution in [-0.2, 0) is 31.6 Å². The Hall–Kier alpha value is -4.28. The molecule has 240 valence electrons. The van der Waals surface area contributed by atoms with Crippen LogP contribution in [0.3, 0.4) is 0 Å². The van der Waals surface area contributed by atoms with Crippen LogP contribution in [0, 0.1) is 0 Å². The van der Waals surface area contributed by atoms with Crippen LogP contribution < -0.4 is 10.2 Å². The number of benzene rings is 2. The molecule has 2 aliphatic heterocycles. The number of nitrogens with zero attached hydrogens (tertiary/aromatic N) is 8. The highest BCUT2D eigenvalue weighted by atomic mass is 35.5. The minimum absolute atomic E-state index is 0.0847. The second-order valence-corrected chi connectivity index (χ2v) is 14.8. The maximum absolute atomic E-state index is 14.5. The van der Waals surface area contributed by atoms with E-state index in [2.05, 4.69) is 30.5 Å². The van der Waals surface area contributed by atoms with Gasteiger partial charge in [0.15, 0.2) is 5.03 Å². The first-order chi connectivity index (χ1) is 22.6. The SMILES string of the molecule is C[C@@]1(Cc2ccc(-c3cncnc3)cc2)C(=O)N(c2cc(Cl)cc(Cl)c2)c2ncc(S(=O)(=O)N3CCC[C@H]3C(=O)Nc3nncs3)n21. The summed E-state index contributed by atoms with van der Waals surface area (Å²) in [6.45, 7) is 1.79. The van der Waals surface area contributed by atoms with Crippen molar-refractivity contribution in [2.75, 3.05) is 16.8 Å². The van der Waals surface area contributed by atoms with E-state index in [1.807, 2.05) is 24.3 Å². The van der Waals surface area contributed by atoms with E-state index in [1.54, 1.807) is 31.5 Å². The first-order valence-electron chi connectivity index (χ1n) is 14.4. The summed E-state index contributed by atoms with van der Waals surface area (Å²) in [5.74, 6) is -0.855. The van der Waals surface area contributed by atoms with Gasteiger partial charge in [0, 0.05) is 41.0 Å². The van der Waals surface area contributed by atoms with E-state index >= 15 is 0 Å². The molecular formula is C30H25Cl2N9O4S2. The molecule has 13 nitrogen and oxygen atoms in total. The molecule has 0 bridgehead atoms. The summed E-state index contributed by atoms with van der Waals surface area (Å²) >= 11 is 13.8. The number of aromatic nitrogens is 6. The average molecular weight is 711 g/mol. The van der Waals surface area contributed by atoms with Gasteiger partial charge in [-0.3, -0.25) is 19.5 Å². The van der Waals surface area contributed by atoms with Gasteiger partial charge in [0.05, 0.1) is 11.9 Å². The van der Waals surface area contributed by atoms with E-state index in [9.17, 15) is 18.0 Å². The van der Waals surface area contributed by atoms with Gasteiger partial charge < -0.3 is 0 Å². The van der Waals surface area contributed by atoms with Gasteiger partial charge >= 0.3 is 0 Å². The second-order valence-electron chi connectivity index (χ2n) is 11.3. The highest BCUT2D eigenvalue weighted by Gasteiger charge is 2.53. The number of fused-ring (bicyclic) bond motifs is 1. The van der Waals surface area contributed by atoms with Crippen LogP contribution in [0.4, 0.5) is 16.8 Å². The number of nitrogens with one attached hydrogen (secondary N) is 1. The van der Waals surface area contributed by atoms with Crippen LogP contribution in [0.1, 0.15) is 25.3 Å². The zero-order valence-electron chi connectivity index (χ0n) is 24.6. The summed E-state index contributed by atoms with van der Waals surface area (Å²) in [5, 5.41) is 10.9. The Morgan fingerprint density at radius 1 is 1.06 bits per heavy atom. The summed E-state index contributed by atoms with van der Waals surface area (Å²) in [7, 11) is -4.35. The van der Waals surface area contributed by atoms with Crippen molar-refractivity contribution < 1.29 is 18.0 Å². The molecule has 17 heteroatoms. The summed E-state index contributed by atoms with van der Waals surface area (Å²) in [6.07, 6.45) is 6.98. The van der Waals surface area contributed by atoms with Gasteiger partial charge in [0.25, 0.3) is 15.9 Å². The molecule has 2 aromatic carbocycles. The van der Waals surface area contributed by atoms with Gasteiger partial charge in [-0.1, -0.05) is 58.8 Å². The monoisotopic (exact) mass is 709 g/mol. The largest absolute Gasteiger partial charge is 0.299 e. The lowest BCUT2D eigenvalue weighted by atomic mass is 9.91. The van der Waals surface area contributed by atoms with E-state index in [1.165, 1.54) is 33.6 Å². The minimum Gasteiger partial charge on any atom is -0.299 e. The van der Waals surface area contributed by atoms with E-state index < -0.39 is 33.4 Å². The maximum Gasteiger partial charge on any atom is 0.261 e. The van der Waals surface area contributed by atoms with Crippen molar-refractivity contribution in [2.45, 2.75) is 42.8 Å². The molecule has 0 spiro atoms. The third-order valence-corrected chi connectivity index (χ3v) is 11.2. The lowest BCUT2D eigenvalue weighted by Crippen LogP contribution is -2.46. The average Bonchev–Trinajstić information content (AvgIpc) is 3.85. The molecule has 5 aromatic rings. The molecule has 3 aromatic heterocycles. The molecule has 0 saturated carbocycles. The van der Waals surface area contributed by atoms with E-state index in [-0.39, 0.29) is 29.1 Å². The Morgan fingerprint density at radius 2 is 1.79 bits per heavy atom. The van der Waals surface area contributed by atoms with Crippen molar-refractivity contribution in [2.24, 2.45) is 0 Å². The Morgan fingerprint density at radius 3 is 2.47 bits per heavy atom. The number of imidazole rings is 1. The topological polar surface area (TPSA) is 156 Å². The molecule has 47 heavy (non-hydrogen) atoms. The Kier molecular flexibility index (Phi) is 8.04. The molecule has 1 saturated heterocycles. The quantitative estimate of drug-likeness (QED) is 0.236. The van der Waals surface area contributed by atoms with Gasteiger partial charge in [-0.25, -0.2) is 28.3 Å². The molecule has 5 heterocycles. The highest BCUT2D eigenvalue weighted by molar-refractivity contribution is 7.89. The first-order valence-corrected chi connectivity index (χ1v) is 17.5. The van der Waals surface area contributed by atoms with Crippen LogP contribution in [0.15, 0.2) is 77.9 Å². The van der Waals surface area contributed by atoms with Crippen LogP contribution in [-0.4, -0.2) is 66.8 Å². The maximum atomic E-state index is 14.5. The van der Waals surface area contributed by atoms with Gasteiger partial charge in [0.1, 0.15) is 23.4 Å². The lowest BCUT2D eigenvalue weighted by Gasteiger charge is -2.29. The Balaban J connectivity index is 1.30. The van der Waals surface area contributed by atoms with Crippen LogP contribution in [0.2, 0.25) is 10.0 Å². The van der Waals surface area contributed by atoms with Gasteiger partial charge in [-0.15, -0.1) is 10.2 Å². The Bertz CT molecular complexity index is 2080. The summed E-state index contributed by atoms with van der Waals surface area (Å²) in [5.41, 5.74) is 2.82. The zero-order chi connectivity index (χ0) is 32.9. The van der Waals surface area contributed by atoms with Crippen molar-refractivity contribution in [1.29, 1.82) is 0 Å². The number of rotatable bonds is 8. The van der Waals surface area contributed by atoms with Crippen LogP contribution >= 0.6 is 34.5 Å². The fourth-order valence-electron chi connectivity index (χ4n) is 6.10. The first kappa shape index (κ1) is 31.3. The fourth-order valence-corrected chi connectivity index (χ4v) is 8.91. The summed E-state index contributed by atoms with van der Waals surface area (Å²) in [6, 6.07) is 11.2. The zero-order valence-corrected chi connectivity index (χ0v) is 27.8. The van der Waals surface area contributed by atoms with Crippen LogP contribution in [0.5, 0.6) is 0 Å². The molecule has 1 fully saturated rings. The summed E-state index contributed by atoms with van der Waals surface area (Å²) in [4.78, 5) is 41.7. The Labute approximate surface area is 283 Å². The summed E-state index contributed by atoms with van der Waals surface area (Å²) < 4.78 is 31.5. The smallest absolute Gasteiger partial charge is 0.261 e. The van der Waals surface area contributed by atoms with Crippen LogP contribution in [0.25, 0.3) is 11.1 Å².